The van der Waals surface area contributed by atoms with Crippen LogP contribution in [0.4, 0.5) is 0 Å². The van der Waals surface area contributed by atoms with Gasteiger partial charge in [-0.2, -0.15) is 0 Å². The third-order valence-electron chi connectivity index (χ3n) is 5.38. The molecule has 0 bridgehead atoms. The van der Waals surface area contributed by atoms with E-state index in [4.69, 9.17) is 9.15 Å². The van der Waals surface area contributed by atoms with E-state index in [0.717, 1.165) is 0 Å². The summed E-state index contributed by atoms with van der Waals surface area (Å²) in [6, 6.07) is 22.2. The minimum absolute atomic E-state index is 0.0316. The maximum absolute atomic E-state index is 13.4. The van der Waals surface area contributed by atoms with Crippen molar-refractivity contribution in [2.24, 2.45) is 0 Å². The summed E-state index contributed by atoms with van der Waals surface area (Å²) in [5, 5.41) is 0. The van der Waals surface area contributed by atoms with Gasteiger partial charge in [-0.3, -0.25) is 14.4 Å². The summed E-state index contributed by atoms with van der Waals surface area (Å²) in [4.78, 5) is 39.9. The van der Waals surface area contributed by atoms with Gasteiger partial charge in [0.15, 0.2) is 17.3 Å². The molecular formula is C26H16O5. The van der Waals surface area contributed by atoms with E-state index in [1.165, 1.54) is 0 Å². The maximum atomic E-state index is 13.4. The monoisotopic (exact) mass is 408 g/mol. The molecule has 0 amide bonds. The number of hydrogen-bond acceptors (Lipinski definition) is 5. The quantitative estimate of drug-likeness (QED) is 0.393. The lowest BCUT2D eigenvalue weighted by Gasteiger charge is -2.14. The van der Waals surface area contributed by atoms with Crippen LogP contribution in [0.3, 0.4) is 0 Å². The molecule has 0 aliphatic heterocycles. The minimum Gasteiger partial charge on any atom is -0.497 e. The number of benzene rings is 3. The molecule has 31 heavy (non-hydrogen) atoms. The van der Waals surface area contributed by atoms with Crippen molar-refractivity contribution in [1.29, 1.82) is 0 Å². The lowest BCUT2D eigenvalue weighted by Crippen LogP contribution is -2.19. The van der Waals surface area contributed by atoms with Crippen LogP contribution in [-0.2, 0) is 0 Å². The Bertz CT molecular complexity index is 1340. The molecule has 3 aromatic carbocycles. The van der Waals surface area contributed by atoms with Crippen LogP contribution in [0, 0.1) is 0 Å². The molecule has 0 spiro atoms. The molecule has 5 rings (SSSR count). The summed E-state index contributed by atoms with van der Waals surface area (Å²) in [5.74, 6) is -0.654. The molecule has 0 unspecified atom stereocenters. The average Bonchev–Trinajstić information content (AvgIpc) is 3.24. The number of carbonyl (C=O) groups excluding carboxylic acids is 3. The number of furan rings is 1. The van der Waals surface area contributed by atoms with Crippen LogP contribution in [0.15, 0.2) is 83.3 Å². The molecule has 0 N–H and O–H groups in total. The maximum Gasteiger partial charge on any atom is 0.229 e. The van der Waals surface area contributed by atoms with Crippen LogP contribution in [0.2, 0.25) is 0 Å². The molecule has 150 valence electrons. The topological polar surface area (TPSA) is 73.6 Å². The lowest BCUT2D eigenvalue weighted by atomic mass is 9.84. The molecule has 0 atom stereocenters. The second kappa shape index (κ2) is 7.22. The molecule has 0 saturated carbocycles. The highest BCUT2D eigenvalue weighted by atomic mass is 16.5. The van der Waals surface area contributed by atoms with Crippen molar-refractivity contribution in [2.75, 3.05) is 7.11 Å². The zero-order valence-electron chi connectivity index (χ0n) is 16.5. The summed E-state index contributed by atoms with van der Waals surface area (Å²) in [6.07, 6.45) is 0. The number of ketones is 3. The van der Waals surface area contributed by atoms with Gasteiger partial charge < -0.3 is 9.15 Å². The number of hydrogen-bond donors (Lipinski definition) is 0. The van der Waals surface area contributed by atoms with Gasteiger partial charge in [0, 0.05) is 22.3 Å². The zero-order chi connectivity index (χ0) is 21.5. The first-order valence-corrected chi connectivity index (χ1v) is 9.69. The van der Waals surface area contributed by atoms with E-state index in [-0.39, 0.29) is 28.4 Å². The normalized spacial score (nSPS) is 12.3. The van der Waals surface area contributed by atoms with Gasteiger partial charge in [-0.25, -0.2) is 0 Å². The average molecular weight is 408 g/mol. The highest BCUT2D eigenvalue weighted by molar-refractivity contribution is 6.31. The van der Waals surface area contributed by atoms with Gasteiger partial charge >= 0.3 is 0 Å². The second-order valence-corrected chi connectivity index (χ2v) is 7.14. The van der Waals surface area contributed by atoms with E-state index in [9.17, 15) is 14.4 Å². The minimum atomic E-state index is -0.410. The molecule has 0 radical (unpaired) electrons. The Kier molecular flexibility index (Phi) is 4.37. The van der Waals surface area contributed by atoms with Crippen molar-refractivity contribution in [3.05, 3.63) is 113 Å². The van der Waals surface area contributed by atoms with Gasteiger partial charge in [0.25, 0.3) is 0 Å². The molecule has 4 aromatic rings. The van der Waals surface area contributed by atoms with Crippen LogP contribution in [0.25, 0.3) is 11.1 Å². The lowest BCUT2D eigenvalue weighted by molar-refractivity contribution is 0.0951. The van der Waals surface area contributed by atoms with Gasteiger partial charge in [-0.15, -0.1) is 0 Å². The Morgan fingerprint density at radius 2 is 1.35 bits per heavy atom. The number of rotatable bonds is 4. The predicted molar refractivity (Wildman–Crippen MR) is 114 cm³/mol. The fourth-order valence-electron chi connectivity index (χ4n) is 3.86. The first-order chi connectivity index (χ1) is 15.1. The van der Waals surface area contributed by atoms with Crippen molar-refractivity contribution in [2.45, 2.75) is 0 Å². The Hall–Kier alpha value is -4.25. The fraction of sp³-hybridized carbons (Fsp3) is 0.0385. The van der Waals surface area contributed by atoms with Crippen LogP contribution in [-0.4, -0.2) is 24.5 Å². The van der Waals surface area contributed by atoms with E-state index in [2.05, 4.69) is 0 Å². The first-order valence-electron chi connectivity index (χ1n) is 9.69. The van der Waals surface area contributed by atoms with Crippen molar-refractivity contribution >= 4 is 17.3 Å². The zero-order valence-corrected chi connectivity index (χ0v) is 16.5. The van der Waals surface area contributed by atoms with Gasteiger partial charge in [-0.05, 0) is 17.7 Å². The predicted octanol–water partition coefficient (Wildman–Crippen LogP) is 4.96. The van der Waals surface area contributed by atoms with Gasteiger partial charge in [-0.1, -0.05) is 66.7 Å². The highest BCUT2D eigenvalue weighted by Crippen LogP contribution is 2.40. The van der Waals surface area contributed by atoms with Crippen LogP contribution < -0.4 is 4.74 Å². The Balaban J connectivity index is 1.78. The second-order valence-electron chi connectivity index (χ2n) is 7.14. The van der Waals surface area contributed by atoms with Crippen molar-refractivity contribution in [1.82, 2.24) is 0 Å². The Labute approximate surface area is 177 Å². The molecule has 5 heteroatoms. The van der Waals surface area contributed by atoms with Crippen molar-refractivity contribution in [3.8, 4) is 16.9 Å². The van der Waals surface area contributed by atoms with Gasteiger partial charge in [0.1, 0.15) is 5.75 Å². The smallest absolute Gasteiger partial charge is 0.229 e. The summed E-state index contributed by atoms with van der Waals surface area (Å²) in [5.41, 5.74) is 2.00. The van der Waals surface area contributed by atoms with E-state index >= 15 is 0 Å². The van der Waals surface area contributed by atoms with E-state index in [1.54, 1.807) is 86.0 Å². The molecule has 0 saturated heterocycles. The summed E-state index contributed by atoms with van der Waals surface area (Å²) < 4.78 is 11.1. The SMILES string of the molecule is COc1ccc(-c2c(C(=O)c3ccccc3)oc3c2C(=O)c2ccccc2C3=O)cc1. The molecule has 5 nitrogen and oxygen atoms in total. The molecule has 1 aliphatic carbocycles. The number of fused-ring (bicyclic) bond motifs is 2. The molecule has 0 fully saturated rings. The molecule has 1 aromatic heterocycles. The number of methoxy groups -OCH3 is 1. The third-order valence-corrected chi connectivity index (χ3v) is 5.38. The van der Waals surface area contributed by atoms with E-state index in [0.29, 0.717) is 28.0 Å². The largest absolute Gasteiger partial charge is 0.497 e. The van der Waals surface area contributed by atoms with E-state index in [1.807, 2.05) is 0 Å². The molecule has 1 aliphatic rings. The fourth-order valence-corrected chi connectivity index (χ4v) is 3.86. The van der Waals surface area contributed by atoms with E-state index < -0.39 is 11.6 Å². The summed E-state index contributed by atoms with van der Waals surface area (Å²) in [6.45, 7) is 0. The van der Waals surface area contributed by atoms with Crippen LogP contribution in [0.5, 0.6) is 5.75 Å². The van der Waals surface area contributed by atoms with Crippen LogP contribution >= 0.6 is 0 Å². The van der Waals surface area contributed by atoms with Crippen molar-refractivity contribution < 1.29 is 23.5 Å². The number of carbonyl (C=O) groups is 3. The first kappa shape index (κ1) is 18.8. The molecule has 1 heterocycles. The highest BCUT2D eigenvalue weighted by Gasteiger charge is 2.39. The Morgan fingerprint density at radius 1 is 0.742 bits per heavy atom. The summed E-state index contributed by atoms with van der Waals surface area (Å²) in [7, 11) is 1.55. The van der Waals surface area contributed by atoms with Crippen molar-refractivity contribution in [3.63, 3.8) is 0 Å². The standard InChI is InChI=1S/C26H16O5/c1-30-17-13-11-15(12-14-17)20-21-23(28)18-9-5-6-10-19(18)24(29)26(21)31-25(20)22(27)16-7-3-2-4-8-16/h2-14H,1H3. The van der Waals surface area contributed by atoms with Gasteiger partial charge in [0.2, 0.25) is 11.6 Å². The van der Waals surface area contributed by atoms with Crippen LogP contribution in [0.1, 0.15) is 48.2 Å². The van der Waals surface area contributed by atoms with Gasteiger partial charge in [0.05, 0.1) is 12.7 Å². The number of ether oxygens (including phenoxy) is 1. The third kappa shape index (κ3) is 2.90. The summed E-state index contributed by atoms with van der Waals surface area (Å²) >= 11 is 0. The Morgan fingerprint density at radius 3 is 2.00 bits per heavy atom. The molecular weight excluding hydrogens is 392 g/mol.